The molecule has 0 unspecified atom stereocenters. The molecule has 22 heavy (non-hydrogen) atoms. The average molecular weight is 422 g/mol. The summed E-state index contributed by atoms with van der Waals surface area (Å²) < 4.78 is 18.2. The lowest BCUT2D eigenvalue weighted by Crippen LogP contribution is -2.51. The predicted molar refractivity (Wildman–Crippen MR) is 98.6 cm³/mol. The molecule has 2 rings (SSSR count). The van der Waals surface area contributed by atoms with Crippen LogP contribution in [-0.4, -0.2) is 56.8 Å². The van der Waals surface area contributed by atoms with E-state index < -0.39 is 0 Å². The summed E-state index contributed by atoms with van der Waals surface area (Å²) in [6, 6.07) is 6.60. The molecule has 1 aliphatic rings. The van der Waals surface area contributed by atoms with E-state index in [4.69, 9.17) is 10.5 Å². The van der Waals surface area contributed by atoms with Gasteiger partial charge in [0.2, 0.25) is 0 Å². The third-order valence-electron chi connectivity index (χ3n) is 3.51. The summed E-state index contributed by atoms with van der Waals surface area (Å²) in [6.45, 7) is 7.21. The zero-order chi connectivity index (χ0) is 15.1. The molecule has 0 bridgehead atoms. The van der Waals surface area contributed by atoms with Crippen LogP contribution in [0.15, 0.2) is 29.3 Å². The van der Waals surface area contributed by atoms with Crippen LogP contribution in [0.1, 0.15) is 6.92 Å². The van der Waals surface area contributed by atoms with Crippen molar-refractivity contribution in [2.75, 3.05) is 50.8 Å². The maximum absolute atomic E-state index is 12.9. The third-order valence-corrected chi connectivity index (χ3v) is 3.51. The second kappa shape index (κ2) is 9.83. The Morgan fingerprint density at radius 3 is 2.45 bits per heavy atom. The number of ether oxygens (including phenoxy) is 1. The number of halogens is 2. The lowest BCUT2D eigenvalue weighted by atomic mass is 10.2. The van der Waals surface area contributed by atoms with Gasteiger partial charge in [-0.25, -0.2) is 4.39 Å². The molecule has 0 radical (unpaired) electrons. The zero-order valence-corrected chi connectivity index (χ0v) is 15.2. The summed E-state index contributed by atoms with van der Waals surface area (Å²) in [6.07, 6.45) is 0. The third kappa shape index (κ3) is 5.60. The van der Waals surface area contributed by atoms with E-state index in [1.54, 1.807) is 0 Å². The van der Waals surface area contributed by atoms with Crippen molar-refractivity contribution >= 4 is 35.6 Å². The number of anilines is 1. The van der Waals surface area contributed by atoms with E-state index in [2.05, 4.69) is 14.8 Å². The topological polar surface area (TPSA) is 54.1 Å². The Morgan fingerprint density at radius 2 is 1.86 bits per heavy atom. The van der Waals surface area contributed by atoms with E-state index in [1.807, 2.05) is 19.1 Å². The SMILES string of the molecule is CCOCCN=C(N)N1CCN(c2ccc(F)cc2)CC1.I. The van der Waals surface area contributed by atoms with Crippen LogP contribution >= 0.6 is 24.0 Å². The minimum atomic E-state index is -0.205. The number of aliphatic imine (C=N–C) groups is 1. The highest BCUT2D eigenvalue weighted by molar-refractivity contribution is 14.0. The first-order valence-corrected chi connectivity index (χ1v) is 7.34. The van der Waals surface area contributed by atoms with Gasteiger partial charge in [0, 0.05) is 38.5 Å². The van der Waals surface area contributed by atoms with E-state index in [-0.39, 0.29) is 29.8 Å². The molecule has 1 aromatic carbocycles. The Labute approximate surface area is 148 Å². The maximum atomic E-state index is 12.9. The smallest absolute Gasteiger partial charge is 0.191 e. The molecule has 0 aromatic heterocycles. The maximum Gasteiger partial charge on any atom is 0.191 e. The number of hydrogen-bond donors (Lipinski definition) is 1. The van der Waals surface area contributed by atoms with Gasteiger partial charge >= 0.3 is 0 Å². The van der Waals surface area contributed by atoms with Crippen LogP contribution in [-0.2, 0) is 4.74 Å². The summed E-state index contributed by atoms with van der Waals surface area (Å²) in [7, 11) is 0. The second-order valence-electron chi connectivity index (χ2n) is 4.89. The highest BCUT2D eigenvalue weighted by Crippen LogP contribution is 2.16. The lowest BCUT2D eigenvalue weighted by Gasteiger charge is -2.36. The number of nitrogens with two attached hydrogens (primary N) is 1. The molecule has 7 heteroatoms. The van der Waals surface area contributed by atoms with Gasteiger partial charge in [-0.2, -0.15) is 0 Å². The van der Waals surface area contributed by atoms with Gasteiger partial charge in [0.25, 0.3) is 0 Å². The van der Waals surface area contributed by atoms with Gasteiger partial charge in [-0.05, 0) is 31.2 Å². The molecule has 1 saturated heterocycles. The van der Waals surface area contributed by atoms with Crippen molar-refractivity contribution in [3.05, 3.63) is 30.1 Å². The molecule has 2 N–H and O–H groups in total. The molecular weight excluding hydrogens is 398 g/mol. The average Bonchev–Trinajstić information content (AvgIpc) is 2.52. The summed E-state index contributed by atoms with van der Waals surface area (Å²) >= 11 is 0. The van der Waals surface area contributed by atoms with E-state index >= 15 is 0 Å². The van der Waals surface area contributed by atoms with Gasteiger partial charge < -0.3 is 20.3 Å². The highest BCUT2D eigenvalue weighted by Gasteiger charge is 2.18. The molecule has 0 aliphatic carbocycles. The van der Waals surface area contributed by atoms with E-state index in [0.717, 1.165) is 31.9 Å². The van der Waals surface area contributed by atoms with Crippen molar-refractivity contribution in [3.63, 3.8) is 0 Å². The summed E-state index contributed by atoms with van der Waals surface area (Å²) in [5, 5.41) is 0. The molecule has 1 fully saturated rings. The van der Waals surface area contributed by atoms with Crippen molar-refractivity contribution in [2.45, 2.75) is 6.92 Å². The Hall–Kier alpha value is -1.09. The Kier molecular flexibility index (Phi) is 8.47. The monoisotopic (exact) mass is 422 g/mol. The number of hydrogen-bond acceptors (Lipinski definition) is 3. The summed E-state index contributed by atoms with van der Waals surface area (Å²) in [5.41, 5.74) is 7.03. The summed E-state index contributed by atoms with van der Waals surface area (Å²) in [4.78, 5) is 8.62. The van der Waals surface area contributed by atoms with Gasteiger partial charge in [-0.15, -0.1) is 24.0 Å². The van der Waals surface area contributed by atoms with Crippen LogP contribution in [0.4, 0.5) is 10.1 Å². The van der Waals surface area contributed by atoms with Crippen molar-refractivity contribution < 1.29 is 9.13 Å². The van der Waals surface area contributed by atoms with Crippen LogP contribution in [0.25, 0.3) is 0 Å². The Morgan fingerprint density at radius 1 is 1.23 bits per heavy atom. The minimum Gasteiger partial charge on any atom is -0.380 e. The zero-order valence-electron chi connectivity index (χ0n) is 12.9. The van der Waals surface area contributed by atoms with Crippen molar-refractivity contribution in [2.24, 2.45) is 10.7 Å². The first-order valence-electron chi connectivity index (χ1n) is 7.34. The van der Waals surface area contributed by atoms with Gasteiger partial charge in [-0.3, -0.25) is 4.99 Å². The van der Waals surface area contributed by atoms with Gasteiger partial charge in [0.15, 0.2) is 5.96 Å². The fourth-order valence-electron chi connectivity index (χ4n) is 2.31. The number of piperazine rings is 1. The molecular formula is C15H24FIN4O. The van der Waals surface area contributed by atoms with Crippen LogP contribution in [0.5, 0.6) is 0 Å². The van der Waals surface area contributed by atoms with Crippen LogP contribution in [0, 0.1) is 5.82 Å². The first kappa shape index (κ1) is 19.0. The number of nitrogens with zero attached hydrogens (tertiary/aromatic N) is 3. The molecule has 0 amide bonds. The van der Waals surface area contributed by atoms with Crippen molar-refractivity contribution in [3.8, 4) is 0 Å². The van der Waals surface area contributed by atoms with Crippen LogP contribution < -0.4 is 10.6 Å². The number of benzene rings is 1. The quantitative estimate of drug-likeness (QED) is 0.341. The Bertz CT molecular complexity index is 461. The molecule has 1 aromatic rings. The molecule has 0 saturated carbocycles. The molecule has 0 atom stereocenters. The fourth-order valence-corrected chi connectivity index (χ4v) is 2.31. The standard InChI is InChI=1S/C15H23FN4O.HI/c1-2-21-12-7-18-15(17)20-10-8-19(9-11-20)14-5-3-13(16)4-6-14;/h3-6H,2,7-12H2,1H3,(H2,17,18);1H. The second-order valence-corrected chi connectivity index (χ2v) is 4.89. The molecule has 124 valence electrons. The normalized spacial score (nSPS) is 15.6. The van der Waals surface area contributed by atoms with E-state index in [0.29, 0.717) is 25.7 Å². The number of rotatable bonds is 5. The first-order chi connectivity index (χ1) is 10.2. The van der Waals surface area contributed by atoms with Gasteiger partial charge in [0.1, 0.15) is 5.82 Å². The lowest BCUT2D eigenvalue weighted by molar-refractivity contribution is 0.155. The molecule has 0 spiro atoms. The Balaban J connectivity index is 0.00000242. The molecule has 1 heterocycles. The predicted octanol–water partition coefficient (Wildman–Crippen LogP) is 1.92. The van der Waals surface area contributed by atoms with Gasteiger partial charge in [0.05, 0.1) is 13.2 Å². The van der Waals surface area contributed by atoms with Crippen molar-refractivity contribution in [1.29, 1.82) is 0 Å². The highest BCUT2D eigenvalue weighted by atomic mass is 127. The minimum absolute atomic E-state index is 0. The molecule has 5 nitrogen and oxygen atoms in total. The number of guanidine groups is 1. The van der Waals surface area contributed by atoms with Crippen LogP contribution in [0.2, 0.25) is 0 Å². The summed E-state index contributed by atoms with van der Waals surface area (Å²) in [5.74, 6) is 0.372. The molecule has 1 aliphatic heterocycles. The van der Waals surface area contributed by atoms with Crippen LogP contribution in [0.3, 0.4) is 0 Å². The fraction of sp³-hybridized carbons (Fsp3) is 0.533. The van der Waals surface area contributed by atoms with E-state index in [1.165, 1.54) is 12.1 Å². The van der Waals surface area contributed by atoms with E-state index in [9.17, 15) is 4.39 Å². The van der Waals surface area contributed by atoms with Crippen molar-refractivity contribution in [1.82, 2.24) is 4.90 Å². The van der Waals surface area contributed by atoms with Gasteiger partial charge in [-0.1, -0.05) is 0 Å². The largest absolute Gasteiger partial charge is 0.380 e.